The highest BCUT2D eigenvalue weighted by atomic mass is 19.3. The number of nitrogens with zero attached hydrogens (tertiary/aromatic N) is 2. The van der Waals surface area contributed by atoms with Gasteiger partial charge in [-0.3, -0.25) is 9.69 Å². The van der Waals surface area contributed by atoms with Crippen LogP contribution in [0.2, 0.25) is 0 Å². The number of carbonyl (C=O) groups is 1. The van der Waals surface area contributed by atoms with Gasteiger partial charge in [-0.05, 0) is 80.6 Å². The van der Waals surface area contributed by atoms with E-state index >= 15 is 0 Å². The Labute approximate surface area is 196 Å². The van der Waals surface area contributed by atoms with Gasteiger partial charge in [0.05, 0.1) is 12.1 Å². The SMILES string of the molecule is Cc1ccc(F)c2cc(C(=O)Nc3cccc(N4CCC5(CCN(CC(F)F)CC5)C4)c3)[nH]c12. The molecule has 2 N–H and O–H groups in total. The molecule has 1 aromatic heterocycles. The highest BCUT2D eigenvalue weighted by Gasteiger charge is 2.40. The highest BCUT2D eigenvalue weighted by Crippen LogP contribution is 2.42. The lowest BCUT2D eigenvalue weighted by atomic mass is 9.78. The second kappa shape index (κ2) is 8.98. The van der Waals surface area contributed by atoms with E-state index in [-0.39, 0.29) is 23.7 Å². The number of amides is 1. The quantitative estimate of drug-likeness (QED) is 0.523. The smallest absolute Gasteiger partial charge is 0.272 e. The van der Waals surface area contributed by atoms with Gasteiger partial charge in [0.15, 0.2) is 0 Å². The highest BCUT2D eigenvalue weighted by molar-refractivity contribution is 6.06. The fourth-order valence-corrected chi connectivity index (χ4v) is 5.40. The number of hydrogen-bond acceptors (Lipinski definition) is 3. The van der Waals surface area contributed by atoms with Crippen LogP contribution in [0.15, 0.2) is 42.5 Å². The zero-order chi connectivity index (χ0) is 23.9. The van der Waals surface area contributed by atoms with E-state index in [1.54, 1.807) is 12.1 Å². The van der Waals surface area contributed by atoms with Crippen molar-refractivity contribution in [1.29, 1.82) is 0 Å². The molecule has 0 unspecified atom stereocenters. The van der Waals surface area contributed by atoms with Gasteiger partial charge in [0.1, 0.15) is 11.5 Å². The number of nitrogens with one attached hydrogen (secondary N) is 2. The van der Waals surface area contributed by atoms with Gasteiger partial charge in [-0.25, -0.2) is 13.2 Å². The normalized spacial score (nSPS) is 18.3. The second-order valence-corrected chi connectivity index (χ2v) is 9.70. The maximum atomic E-state index is 14.1. The second-order valence-electron chi connectivity index (χ2n) is 9.70. The van der Waals surface area contributed by atoms with Crippen molar-refractivity contribution < 1.29 is 18.0 Å². The van der Waals surface area contributed by atoms with Crippen LogP contribution in [-0.2, 0) is 0 Å². The van der Waals surface area contributed by atoms with Gasteiger partial charge in [-0.2, -0.15) is 0 Å². The van der Waals surface area contributed by atoms with E-state index in [1.807, 2.05) is 36.1 Å². The number of aromatic nitrogens is 1. The molecule has 3 heterocycles. The number of anilines is 2. The Morgan fingerprint density at radius 3 is 2.62 bits per heavy atom. The molecular weight excluding hydrogens is 441 g/mol. The molecule has 0 aliphatic carbocycles. The van der Waals surface area contributed by atoms with Crippen LogP contribution in [0.5, 0.6) is 0 Å². The Kier molecular flexibility index (Phi) is 6.02. The van der Waals surface area contributed by atoms with E-state index in [0.717, 1.165) is 56.7 Å². The molecule has 1 amide bonds. The van der Waals surface area contributed by atoms with Gasteiger partial charge in [-0.15, -0.1) is 0 Å². The van der Waals surface area contributed by atoms with Crippen LogP contribution >= 0.6 is 0 Å². The minimum atomic E-state index is -2.28. The van der Waals surface area contributed by atoms with Crippen LogP contribution in [0.3, 0.4) is 0 Å². The fourth-order valence-electron chi connectivity index (χ4n) is 5.40. The number of fused-ring (bicyclic) bond motifs is 1. The first-order valence-electron chi connectivity index (χ1n) is 11.8. The summed E-state index contributed by atoms with van der Waals surface area (Å²) in [6.07, 6.45) is 0.637. The Morgan fingerprint density at radius 2 is 1.88 bits per heavy atom. The summed E-state index contributed by atoms with van der Waals surface area (Å²) in [6, 6.07) is 12.4. The van der Waals surface area contributed by atoms with E-state index in [2.05, 4.69) is 15.2 Å². The molecule has 2 saturated heterocycles. The molecule has 0 saturated carbocycles. The molecule has 180 valence electrons. The monoisotopic (exact) mass is 470 g/mol. The number of aromatic amines is 1. The number of piperidine rings is 1. The largest absolute Gasteiger partial charge is 0.371 e. The number of rotatable bonds is 5. The van der Waals surface area contributed by atoms with Gasteiger partial charge < -0.3 is 15.2 Å². The molecule has 34 heavy (non-hydrogen) atoms. The van der Waals surface area contributed by atoms with Crippen molar-refractivity contribution in [2.75, 3.05) is 42.9 Å². The zero-order valence-electron chi connectivity index (χ0n) is 19.2. The summed E-state index contributed by atoms with van der Waals surface area (Å²) < 4.78 is 39.5. The van der Waals surface area contributed by atoms with Gasteiger partial charge in [0.25, 0.3) is 12.3 Å². The van der Waals surface area contributed by atoms with Crippen LogP contribution in [0.1, 0.15) is 35.3 Å². The number of halogens is 3. The molecule has 2 aliphatic rings. The van der Waals surface area contributed by atoms with Crippen molar-refractivity contribution in [2.45, 2.75) is 32.6 Å². The third kappa shape index (κ3) is 4.51. The van der Waals surface area contributed by atoms with E-state index in [4.69, 9.17) is 0 Å². The lowest BCUT2D eigenvalue weighted by Gasteiger charge is -2.39. The van der Waals surface area contributed by atoms with Crippen molar-refractivity contribution in [3.8, 4) is 0 Å². The minimum absolute atomic E-state index is 0.135. The van der Waals surface area contributed by atoms with Crippen molar-refractivity contribution >= 4 is 28.2 Å². The Bertz CT molecular complexity index is 1160. The van der Waals surface area contributed by atoms with Crippen molar-refractivity contribution in [2.24, 2.45) is 5.41 Å². The third-order valence-corrected chi connectivity index (χ3v) is 7.41. The standard InChI is InChI=1S/C26H29F3N4O/c1-17-5-6-21(27)20-14-22(31-24(17)20)25(34)30-18-3-2-4-19(13-18)33-12-9-26(16-33)7-10-32(11-8-26)15-23(28)29/h2-6,13-14,23,31H,7-12,15-16H2,1H3,(H,30,34). The molecule has 1 spiro atoms. The van der Waals surface area contributed by atoms with E-state index in [1.165, 1.54) is 6.07 Å². The summed E-state index contributed by atoms with van der Waals surface area (Å²) in [5.74, 6) is -0.683. The van der Waals surface area contributed by atoms with Gasteiger partial charge in [0.2, 0.25) is 0 Å². The first kappa shape index (κ1) is 22.8. The van der Waals surface area contributed by atoms with E-state index in [0.29, 0.717) is 22.3 Å². The summed E-state index contributed by atoms with van der Waals surface area (Å²) in [6.45, 7) is 4.98. The number of hydrogen-bond donors (Lipinski definition) is 2. The molecule has 2 aromatic carbocycles. The molecule has 5 nitrogen and oxygen atoms in total. The molecule has 8 heteroatoms. The van der Waals surface area contributed by atoms with E-state index in [9.17, 15) is 18.0 Å². The number of benzene rings is 2. The van der Waals surface area contributed by atoms with Crippen molar-refractivity contribution in [3.63, 3.8) is 0 Å². The Balaban J connectivity index is 1.25. The lowest BCUT2D eigenvalue weighted by molar-refractivity contribution is 0.0499. The zero-order valence-corrected chi connectivity index (χ0v) is 19.2. The van der Waals surface area contributed by atoms with Gasteiger partial charge >= 0.3 is 0 Å². The summed E-state index contributed by atoms with van der Waals surface area (Å²) in [5.41, 5.74) is 3.68. The molecule has 2 aliphatic heterocycles. The van der Waals surface area contributed by atoms with Crippen LogP contribution in [0.4, 0.5) is 24.5 Å². The van der Waals surface area contributed by atoms with Crippen molar-refractivity contribution in [3.05, 3.63) is 59.5 Å². The van der Waals surface area contributed by atoms with Crippen LogP contribution in [0.25, 0.3) is 10.9 Å². The fraction of sp³-hybridized carbons (Fsp3) is 0.423. The number of likely N-dealkylation sites (tertiary alicyclic amines) is 1. The average Bonchev–Trinajstić information content (AvgIpc) is 3.44. The van der Waals surface area contributed by atoms with E-state index < -0.39 is 6.43 Å². The maximum absolute atomic E-state index is 14.1. The third-order valence-electron chi connectivity index (χ3n) is 7.41. The molecule has 0 atom stereocenters. The predicted octanol–water partition coefficient (Wildman–Crippen LogP) is 5.43. The number of H-pyrrole nitrogens is 1. The van der Waals surface area contributed by atoms with Crippen molar-refractivity contribution in [1.82, 2.24) is 9.88 Å². The lowest BCUT2D eigenvalue weighted by Crippen LogP contribution is -2.43. The summed E-state index contributed by atoms with van der Waals surface area (Å²) >= 11 is 0. The molecule has 0 radical (unpaired) electrons. The van der Waals surface area contributed by atoms with Crippen LogP contribution in [0, 0.1) is 18.2 Å². The number of carbonyl (C=O) groups excluding carboxylic acids is 1. The molecular formula is C26H29F3N4O. The van der Waals surface area contributed by atoms with Gasteiger partial charge in [0, 0.05) is 29.9 Å². The predicted molar refractivity (Wildman–Crippen MR) is 128 cm³/mol. The number of aryl methyl sites for hydroxylation is 1. The number of alkyl halides is 2. The van der Waals surface area contributed by atoms with Gasteiger partial charge in [-0.1, -0.05) is 12.1 Å². The molecule has 0 bridgehead atoms. The van der Waals surface area contributed by atoms with Crippen LogP contribution in [-0.4, -0.2) is 54.9 Å². The average molecular weight is 471 g/mol. The molecule has 3 aromatic rings. The summed E-state index contributed by atoms with van der Waals surface area (Å²) in [4.78, 5) is 20.1. The Hall–Kier alpha value is -3.00. The topological polar surface area (TPSA) is 51.4 Å². The summed E-state index contributed by atoms with van der Waals surface area (Å²) in [7, 11) is 0. The first-order valence-corrected chi connectivity index (χ1v) is 11.8. The minimum Gasteiger partial charge on any atom is -0.371 e. The molecule has 5 rings (SSSR count). The first-order chi connectivity index (χ1) is 16.3. The summed E-state index contributed by atoms with van der Waals surface area (Å²) in [5, 5.41) is 3.32. The maximum Gasteiger partial charge on any atom is 0.272 e. The van der Waals surface area contributed by atoms with Crippen LogP contribution < -0.4 is 10.2 Å². The Morgan fingerprint density at radius 1 is 1.12 bits per heavy atom. The molecule has 2 fully saturated rings.